The van der Waals surface area contributed by atoms with Crippen molar-refractivity contribution in [2.75, 3.05) is 0 Å². The van der Waals surface area contributed by atoms with Crippen molar-refractivity contribution in [1.82, 2.24) is 0 Å². The van der Waals surface area contributed by atoms with E-state index in [9.17, 15) is 0 Å². The van der Waals surface area contributed by atoms with Gasteiger partial charge in [-0.15, -0.1) is 0 Å². The summed E-state index contributed by atoms with van der Waals surface area (Å²) in [6, 6.07) is 45.9. The van der Waals surface area contributed by atoms with Gasteiger partial charge in [0.15, 0.2) is 0 Å². The van der Waals surface area contributed by atoms with Crippen LogP contribution in [0.2, 0.25) is 11.5 Å². The summed E-state index contributed by atoms with van der Waals surface area (Å²) in [5, 5.41) is 5.36. The Bertz CT molecular complexity index is 2030. The molecule has 2 unspecified atom stereocenters. The molecule has 0 N–H and O–H groups in total. The molecule has 2 aliphatic rings. The van der Waals surface area contributed by atoms with Gasteiger partial charge < -0.3 is 24.8 Å². The molecule has 0 radical (unpaired) electrons. The number of allylic oxidation sites excluding steroid dienone is 2. The Balaban J connectivity index is 0.00000201. The molecule has 0 heterocycles. The minimum absolute atomic E-state index is 0. The quantitative estimate of drug-likeness (QED) is 0.166. The first kappa shape index (κ1) is 35.2. The molecule has 0 amide bonds. The van der Waals surface area contributed by atoms with Crippen LogP contribution in [0.5, 0.6) is 0 Å². The Labute approximate surface area is 308 Å². The van der Waals surface area contributed by atoms with E-state index in [1.165, 1.54) is 54.9 Å². The van der Waals surface area contributed by atoms with Gasteiger partial charge in [-0.3, -0.25) is 0 Å². The largest absolute Gasteiger partial charge is 1.00 e. The molecule has 0 fully saturated rings. The molecule has 0 saturated carbocycles. The van der Waals surface area contributed by atoms with Crippen molar-refractivity contribution in [3.05, 3.63) is 155 Å². The zero-order chi connectivity index (χ0) is 31.4. The molecule has 239 valence electrons. The van der Waals surface area contributed by atoms with Gasteiger partial charge in [0.1, 0.15) is 0 Å². The molecule has 8 rings (SSSR count). The molecule has 2 atom stereocenters. The molecule has 2 aliphatic carbocycles. The van der Waals surface area contributed by atoms with Gasteiger partial charge in [0.05, 0.1) is 0 Å². The normalized spacial score (nSPS) is 16.2. The van der Waals surface area contributed by atoms with E-state index < -0.39 is 29.8 Å². The third-order valence-electron chi connectivity index (χ3n) is 10.6. The summed E-state index contributed by atoms with van der Waals surface area (Å²) in [5.41, 5.74) is 15.3. The topological polar surface area (TPSA) is 0 Å². The molecule has 4 heteroatoms. The smallest absolute Gasteiger partial charge is 1.00 e. The summed E-state index contributed by atoms with van der Waals surface area (Å²) in [7, 11) is -1.54. The van der Waals surface area contributed by atoms with Crippen LogP contribution in [0.15, 0.2) is 132 Å². The van der Waals surface area contributed by atoms with Gasteiger partial charge in [-0.2, -0.15) is 0 Å². The molecular formula is C44H41Cl2GeZr. The molecule has 0 aliphatic heterocycles. The fraction of sp³-hybridized carbons (Fsp3) is 0.182. The number of hydrogen-bond donors (Lipinski definition) is 0. The predicted molar refractivity (Wildman–Crippen MR) is 200 cm³/mol. The van der Waals surface area contributed by atoms with Crippen LogP contribution >= 0.6 is 0 Å². The molecule has 0 nitrogen and oxygen atoms in total. The Morgan fingerprint density at radius 3 is 1.27 bits per heavy atom. The first-order valence-electron chi connectivity index (χ1n) is 17.1. The zero-order valence-corrected chi connectivity index (χ0v) is 34.5. The van der Waals surface area contributed by atoms with E-state index >= 15 is 0 Å². The van der Waals surface area contributed by atoms with E-state index in [1.54, 1.807) is 22.3 Å². The Morgan fingerprint density at radius 1 is 0.479 bits per heavy atom. The van der Waals surface area contributed by atoms with Crippen LogP contribution in [-0.4, -0.2) is 10.6 Å². The van der Waals surface area contributed by atoms with Crippen molar-refractivity contribution in [2.45, 2.75) is 45.5 Å². The number of rotatable bonds is 7. The molecular weight excluding hydrogens is 763 g/mol. The van der Waals surface area contributed by atoms with E-state index in [4.69, 9.17) is 0 Å². The van der Waals surface area contributed by atoms with E-state index in [0.717, 1.165) is 12.8 Å². The van der Waals surface area contributed by atoms with Crippen molar-refractivity contribution in [2.24, 2.45) is 0 Å². The first-order valence-corrected chi connectivity index (χ1v) is 33.4. The van der Waals surface area contributed by atoms with Crippen molar-refractivity contribution in [3.63, 3.8) is 0 Å². The van der Waals surface area contributed by atoms with E-state index in [-0.39, 0.29) is 24.8 Å². The van der Waals surface area contributed by atoms with Gasteiger partial charge in [-0.05, 0) is 0 Å². The second-order valence-corrected chi connectivity index (χ2v) is 46.5. The van der Waals surface area contributed by atoms with Crippen LogP contribution in [0.1, 0.15) is 56.2 Å². The molecule has 6 aromatic carbocycles. The third-order valence-corrected chi connectivity index (χ3v) is 45.3. The van der Waals surface area contributed by atoms with Crippen molar-refractivity contribution in [3.8, 4) is 22.3 Å². The second-order valence-electron chi connectivity index (χ2n) is 13.3. The van der Waals surface area contributed by atoms with Crippen LogP contribution < -0.4 is 24.8 Å². The standard InChI is InChI=1S/2C21H17.C2H7Ge.2ClH.Zr/c2*1-2-15-13-17-9-6-12-20(21(17)14-15)19-11-5-8-16-7-3-4-10-18(16)19;1-3-2;;;/h2*3-14H,2H2,1H3;3H,1-2H3;2*1H;/q;;;;;+2/p-2. The number of halogens is 2. The first-order chi connectivity index (χ1) is 22.6. The number of benzene rings is 6. The Morgan fingerprint density at radius 2 is 0.854 bits per heavy atom. The fourth-order valence-corrected chi connectivity index (χ4v) is 45.5. The maximum absolute atomic E-state index is 2.74. The monoisotopic (exact) mass is 803 g/mol. The minimum Gasteiger partial charge on any atom is -1.00 e. The molecule has 0 aromatic heterocycles. The maximum atomic E-state index is 2.74. The van der Waals surface area contributed by atoms with E-state index in [0.29, 0.717) is 7.25 Å². The predicted octanol–water partition coefficient (Wildman–Crippen LogP) is 6.33. The molecule has 0 saturated heterocycles. The third kappa shape index (κ3) is 5.84. The minimum atomic E-state index is -2.13. The Hall–Kier alpha value is -2.67. The molecule has 48 heavy (non-hydrogen) atoms. The molecule has 0 spiro atoms. The molecule has 0 bridgehead atoms. The second kappa shape index (κ2) is 14.7. The van der Waals surface area contributed by atoms with E-state index in [1.807, 2.05) is 0 Å². The number of fused-ring (bicyclic) bond motifs is 4. The maximum Gasteiger partial charge on any atom is -1.00 e. The summed E-state index contributed by atoms with van der Waals surface area (Å²) >= 11 is -2.13. The summed E-state index contributed by atoms with van der Waals surface area (Å²) in [4.78, 5) is 0. The fourth-order valence-electron chi connectivity index (χ4n) is 8.55. The van der Waals surface area contributed by atoms with Crippen molar-refractivity contribution in [1.29, 1.82) is 0 Å². The summed E-state index contributed by atoms with van der Waals surface area (Å²) < 4.78 is 1.34. The average molecular weight is 805 g/mol. The SMILES string of the molecule is CCC1=Cc2c(-c3cccc4ccccc34)cccc2[CH]1[Zr+2]([CH]1C(CC)=Cc2c(-c3cccc4ccccc34)cccc21)[GeH]([CH3])[CH3].[Cl-].[Cl-]. The summed E-state index contributed by atoms with van der Waals surface area (Å²) in [6.45, 7) is 4.82. The van der Waals surface area contributed by atoms with Crippen LogP contribution in [0.4, 0.5) is 0 Å². The van der Waals surface area contributed by atoms with Crippen molar-refractivity contribution < 1.29 is 44.1 Å². The molecule has 6 aromatic rings. The Kier molecular flexibility index (Phi) is 10.7. The van der Waals surface area contributed by atoms with Crippen LogP contribution in [0.3, 0.4) is 0 Å². The van der Waals surface area contributed by atoms with Gasteiger partial charge >= 0.3 is 286 Å². The van der Waals surface area contributed by atoms with Gasteiger partial charge in [0.2, 0.25) is 0 Å². The summed E-state index contributed by atoms with van der Waals surface area (Å²) in [5.74, 6) is 5.48. The average Bonchev–Trinajstić information content (AvgIpc) is 3.66. The van der Waals surface area contributed by atoms with Crippen LogP contribution in [0, 0.1) is 0 Å². The van der Waals surface area contributed by atoms with Gasteiger partial charge in [0.25, 0.3) is 0 Å². The summed E-state index contributed by atoms with van der Waals surface area (Å²) in [6.07, 6.45) is 7.57. The van der Waals surface area contributed by atoms with Crippen LogP contribution in [-0.2, 0) is 19.2 Å². The zero-order valence-electron chi connectivity index (χ0n) is 28.1. The number of hydrogen-bond acceptors (Lipinski definition) is 0. The van der Waals surface area contributed by atoms with Gasteiger partial charge in [-0.1, -0.05) is 0 Å². The van der Waals surface area contributed by atoms with E-state index in [2.05, 4.69) is 159 Å². The van der Waals surface area contributed by atoms with Gasteiger partial charge in [0, 0.05) is 0 Å². The van der Waals surface area contributed by atoms with Crippen molar-refractivity contribution >= 4 is 44.3 Å². The van der Waals surface area contributed by atoms with Crippen LogP contribution in [0.25, 0.3) is 56.0 Å². The van der Waals surface area contributed by atoms with Gasteiger partial charge in [-0.25, -0.2) is 0 Å².